The highest BCUT2D eigenvalue weighted by atomic mass is 16.3. The van der Waals surface area contributed by atoms with Crippen molar-refractivity contribution in [2.75, 3.05) is 5.32 Å². The van der Waals surface area contributed by atoms with Gasteiger partial charge in [-0.15, -0.1) is 0 Å². The van der Waals surface area contributed by atoms with Crippen LogP contribution in [0, 0.1) is 0 Å². The maximum Gasteiger partial charge on any atom is 0.0701 e. The van der Waals surface area contributed by atoms with E-state index in [-0.39, 0.29) is 6.61 Å². The molecule has 19 heavy (non-hydrogen) atoms. The molecule has 0 atom stereocenters. The lowest BCUT2D eigenvalue weighted by Gasteiger charge is -2.11. The van der Waals surface area contributed by atoms with Gasteiger partial charge in [0.25, 0.3) is 0 Å². The topological polar surface area (TPSA) is 50.1 Å². The molecule has 0 radical (unpaired) electrons. The van der Waals surface area contributed by atoms with Crippen LogP contribution in [-0.2, 0) is 20.2 Å². The zero-order valence-electron chi connectivity index (χ0n) is 11.7. The molecule has 1 aromatic carbocycles. The van der Waals surface area contributed by atoms with Crippen LogP contribution in [0.5, 0.6) is 0 Å². The van der Waals surface area contributed by atoms with Gasteiger partial charge in [-0.1, -0.05) is 32.0 Å². The lowest BCUT2D eigenvalue weighted by atomic mass is 10.1. The number of aromatic nitrogens is 2. The average molecular weight is 259 g/mol. The third-order valence-electron chi connectivity index (χ3n) is 3.14. The summed E-state index contributed by atoms with van der Waals surface area (Å²) in [5.41, 5.74) is 4.21. The van der Waals surface area contributed by atoms with Crippen LogP contribution in [0.3, 0.4) is 0 Å². The Morgan fingerprint density at radius 1 is 1.26 bits per heavy atom. The van der Waals surface area contributed by atoms with Crippen molar-refractivity contribution in [3.8, 4) is 0 Å². The summed E-state index contributed by atoms with van der Waals surface area (Å²) in [5.74, 6) is 0.408. The molecule has 0 spiro atoms. The van der Waals surface area contributed by atoms with Crippen molar-refractivity contribution in [3.05, 3.63) is 47.3 Å². The van der Waals surface area contributed by atoms with Crippen molar-refractivity contribution < 1.29 is 5.11 Å². The molecule has 0 unspecified atom stereocenters. The highest BCUT2D eigenvalue weighted by Gasteiger charge is 2.11. The SMILES string of the molecule is CC(C)c1nn(C)cc1CNc1ccccc1CO. The Morgan fingerprint density at radius 3 is 2.68 bits per heavy atom. The van der Waals surface area contributed by atoms with E-state index in [1.165, 1.54) is 5.56 Å². The normalized spacial score (nSPS) is 11.0. The molecule has 0 saturated heterocycles. The van der Waals surface area contributed by atoms with Crippen LogP contribution in [0.1, 0.15) is 36.6 Å². The van der Waals surface area contributed by atoms with Crippen molar-refractivity contribution in [1.29, 1.82) is 0 Å². The van der Waals surface area contributed by atoms with E-state index in [9.17, 15) is 5.11 Å². The number of anilines is 1. The molecule has 2 aromatic rings. The summed E-state index contributed by atoms with van der Waals surface area (Å²) >= 11 is 0. The number of aliphatic hydroxyl groups excluding tert-OH is 1. The standard InChI is InChI=1S/C15H21N3O/c1-11(2)15-13(9-18(3)17-15)8-16-14-7-5-4-6-12(14)10-19/h4-7,9,11,16,19H,8,10H2,1-3H3. The molecular formula is C15H21N3O. The summed E-state index contributed by atoms with van der Waals surface area (Å²) < 4.78 is 1.85. The van der Waals surface area contributed by atoms with Crippen LogP contribution >= 0.6 is 0 Å². The van der Waals surface area contributed by atoms with Gasteiger partial charge in [0.2, 0.25) is 0 Å². The Morgan fingerprint density at radius 2 is 2.00 bits per heavy atom. The Kier molecular flexibility index (Phi) is 4.22. The van der Waals surface area contributed by atoms with Gasteiger partial charge in [0.05, 0.1) is 12.3 Å². The number of nitrogens with zero attached hydrogens (tertiary/aromatic N) is 2. The number of para-hydroxylation sites is 1. The van der Waals surface area contributed by atoms with Crippen LogP contribution in [0.4, 0.5) is 5.69 Å². The van der Waals surface area contributed by atoms with Crippen LogP contribution < -0.4 is 5.32 Å². The van der Waals surface area contributed by atoms with Crippen LogP contribution in [0.2, 0.25) is 0 Å². The first-order valence-corrected chi connectivity index (χ1v) is 6.57. The predicted molar refractivity (Wildman–Crippen MR) is 77.0 cm³/mol. The van der Waals surface area contributed by atoms with Gasteiger partial charge in [-0.3, -0.25) is 4.68 Å². The number of hydrogen-bond acceptors (Lipinski definition) is 3. The second-order valence-corrected chi connectivity index (χ2v) is 5.04. The molecule has 4 heteroatoms. The molecule has 1 aromatic heterocycles. The zero-order valence-corrected chi connectivity index (χ0v) is 11.7. The molecule has 0 bridgehead atoms. The average Bonchev–Trinajstić information content (AvgIpc) is 2.78. The predicted octanol–water partition coefficient (Wildman–Crippen LogP) is 2.65. The largest absolute Gasteiger partial charge is 0.392 e. The van der Waals surface area contributed by atoms with Gasteiger partial charge in [-0.25, -0.2) is 0 Å². The van der Waals surface area contributed by atoms with Crippen molar-refractivity contribution in [1.82, 2.24) is 9.78 Å². The quantitative estimate of drug-likeness (QED) is 0.868. The van der Waals surface area contributed by atoms with Gasteiger partial charge in [-0.05, 0) is 12.0 Å². The molecular weight excluding hydrogens is 238 g/mol. The number of nitrogens with one attached hydrogen (secondary N) is 1. The van der Waals surface area contributed by atoms with Gasteiger partial charge >= 0.3 is 0 Å². The van der Waals surface area contributed by atoms with Crippen LogP contribution in [0.15, 0.2) is 30.5 Å². The maximum atomic E-state index is 9.31. The molecule has 0 aliphatic rings. The monoisotopic (exact) mass is 259 g/mol. The minimum atomic E-state index is 0.0489. The van der Waals surface area contributed by atoms with Gasteiger partial charge in [0, 0.05) is 36.6 Å². The van der Waals surface area contributed by atoms with Gasteiger partial charge in [0.1, 0.15) is 0 Å². The summed E-state index contributed by atoms with van der Waals surface area (Å²) in [6.07, 6.45) is 2.05. The molecule has 0 saturated carbocycles. The summed E-state index contributed by atoms with van der Waals surface area (Å²) in [6.45, 7) is 5.06. The van der Waals surface area contributed by atoms with Crippen molar-refractivity contribution >= 4 is 5.69 Å². The van der Waals surface area contributed by atoms with E-state index in [1.807, 2.05) is 42.2 Å². The van der Waals surface area contributed by atoms with Gasteiger partial charge < -0.3 is 10.4 Å². The molecule has 1 heterocycles. The van der Waals surface area contributed by atoms with Gasteiger partial charge in [0.15, 0.2) is 0 Å². The van der Waals surface area contributed by atoms with Crippen LogP contribution in [-0.4, -0.2) is 14.9 Å². The Balaban J connectivity index is 2.14. The van der Waals surface area contributed by atoms with Crippen molar-refractivity contribution in [2.45, 2.75) is 32.9 Å². The first-order chi connectivity index (χ1) is 9.11. The Bertz CT molecular complexity index is 546. The Hall–Kier alpha value is -1.81. The molecule has 4 nitrogen and oxygen atoms in total. The molecule has 0 amide bonds. The molecule has 0 aliphatic heterocycles. The van der Waals surface area contributed by atoms with Gasteiger partial charge in [-0.2, -0.15) is 5.10 Å². The van der Waals surface area contributed by atoms with E-state index >= 15 is 0 Å². The van der Waals surface area contributed by atoms with Crippen molar-refractivity contribution in [3.63, 3.8) is 0 Å². The lowest BCUT2D eigenvalue weighted by molar-refractivity contribution is 0.282. The fourth-order valence-corrected chi connectivity index (χ4v) is 2.20. The van der Waals surface area contributed by atoms with Crippen LogP contribution in [0.25, 0.3) is 0 Å². The fourth-order valence-electron chi connectivity index (χ4n) is 2.20. The number of hydrogen-bond donors (Lipinski definition) is 2. The zero-order chi connectivity index (χ0) is 13.8. The van der Waals surface area contributed by atoms with E-state index in [1.54, 1.807) is 0 Å². The third-order valence-corrected chi connectivity index (χ3v) is 3.14. The smallest absolute Gasteiger partial charge is 0.0701 e. The molecule has 0 fully saturated rings. The second-order valence-electron chi connectivity index (χ2n) is 5.04. The lowest BCUT2D eigenvalue weighted by Crippen LogP contribution is -2.04. The number of rotatable bonds is 5. The summed E-state index contributed by atoms with van der Waals surface area (Å²) in [6, 6.07) is 7.81. The van der Waals surface area contributed by atoms with E-state index < -0.39 is 0 Å². The molecule has 2 rings (SSSR count). The molecule has 102 valence electrons. The first-order valence-electron chi connectivity index (χ1n) is 6.57. The fraction of sp³-hybridized carbons (Fsp3) is 0.400. The minimum absolute atomic E-state index is 0.0489. The van der Waals surface area contributed by atoms with E-state index in [2.05, 4.69) is 24.3 Å². The summed E-state index contributed by atoms with van der Waals surface area (Å²) in [5, 5.41) is 17.2. The number of benzene rings is 1. The Labute approximate surface area is 114 Å². The highest BCUT2D eigenvalue weighted by Crippen LogP contribution is 2.20. The number of aryl methyl sites for hydroxylation is 1. The van der Waals surface area contributed by atoms with Crippen molar-refractivity contribution in [2.24, 2.45) is 7.05 Å². The molecule has 2 N–H and O–H groups in total. The van der Waals surface area contributed by atoms with E-state index in [4.69, 9.17) is 0 Å². The molecule has 0 aliphatic carbocycles. The first kappa shape index (κ1) is 13.6. The summed E-state index contributed by atoms with van der Waals surface area (Å²) in [7, 11) is 1.94. The van der Waals surface area contributed by atoms with E-state index in [0.29, 0.717) is 5.92 Å². The van der Waals surface area contributed by atoms with E-state index in [0.717, 1.165) is 23.5 Å². The number of aliphatic hydroxyl groups is 1. The maximum absolute atomic E-state index is 9.31. The third kappa shape index (κ3) is 3.15. The summed E-state index contributed by atoms with van der Waals surface area (Å²) in [4.78, 5) is 0. The highest BCUT2D eigenvalue weighted by molar-refractivity contribution is 5.51. The second kappa shape index (κ2) is 5.89. The minimum Gasteiger partial charge on any atom is -0.392 e.